The Labute approximate surface area is 87.6 Å². The number of hydrogen-bond donors (Lipinski definition) is 0. The minimum Gasteiger partial charge on any atom is -0.234 e. The Kier molecular flexibility index (Phi) is 4.18. The van der Waals surface area contributed by atoms with Gasteiger partial charge in [0.05, 0.1) is 12.6 Å². The maximum Gasteiger partial charge on any atom is 0.253 e. The predicted octanol–water partition coefficient (Wildman–Crippen LogP) is 2.86. The minimum atomic E-state index is 0.572. The van der Waals surface area contributed by atoms with Gasteiger partial charge in [-0.25, -0.2) is 9.13 Å². The average molecular weight is 195 g/mol. The first-order chi connectivity index (χ1) is 6.66. The molecule has 80 valence electrons. The van der Waals surface area contributed by atoms with E-state index in [1.807, 2.05) is 0 Å². The quantitative estimate of drug-likeness (QED) is 0.504. The van der Waals surface area contributed by atoms with Crippen LogP contribution in [0.5, 0.6) is 0 Å². The lowest BCUT2D eigenvalue weighted by molar-refractivity contribution is -0.702. The standard InChI is InChI=1S/C12H23N2/c1-5-6-7-8-13-9-10-14(11(2)3)12(13)4/h9-11H,5-8H2,1-4H3/q+1. The third-order valence-corrected chi connectivity index (χ3v) is 2.76. The van der Waals surface area contributed by atoms with E-state index in [0.29, 0.717) is 6.04 Å². The van der Waals surface area contributed by atoms with E-state index in [9.17, 15) is 0 Å². The number of rotatable bonds is 5. The number of imidazole rings is 1. The van der Waals surface area contributed by atoms with Gasteiger partial charge in [0.2, 0.25) is 0 Å². The van der Waals surface area contributed by atoms with Crippen LogP contribution in [0.15, 0.2) is 12.4 Å². The summed E-state index contributed by atoms with van der Waals surface area (Å²) in [5, 5.41) is 0. The molecule has 0 saturated heterocycles. The van der Waals surface area contributed by atoms with Crippen LogP contribution in [-0.2, 0) is 6.54 Å². The first kappa shape index (κ1) is 11.3. The van der Waals surface area contributed by atoms with Crippen LogP contribution in [0.1, 0.15) is 51.9 Å². The van der Waals surface area contributed by atoms with Crippen LogP contribution in [0.2, 0.25) is 0 Å². The van der Waals surface area contributed by atoms with Gasteiger partial charge in [-0.1, -0.05) is 13.3 Å². The molecular formula is C12H23N2+. The molecule has 0 bridgehead atoms. The van der Waals surface area contributed by atoms with E-state index < -0.39 is 0 Å². The van der Waals surface area contributed by atoms with Crippen LogP contribution < -0.4 is 4.57 Å². The molecule has 0 aromatic carbocycles. The van der Waals surface area contributed by atoms with E-state index in [0.717, 1.165) is 0 Å². The van der Waals surface area contributed by atoms with E-state index >= 15 is 0 Å². The molecule has 1 aromatic rings. The first-order valence-electron chi connectivity index (χ1n) is 5.73. The third kappa shape index (κ3) is 2.60. The summed E-state index contributed by atoms with van der Waals surface area (Å²) in [6.45, 7) is 10.1. The molecule has 1 aromatic heterocycles. The van der Waals surface area contributed by atoms with Gasteiger partial charge in [0.1, 0.15) is 12.4 Å². The van der Waals surface area contributed by atoms with Crippen molar-refractivity contribution in [2.75, 3.05) is 0 Å². The minimum absolute atomic E-state index is 0.572. The Balaban J connectivity index is 2.60. The van der Waals surface area contributed by atoms with Gasteiger partial charge in [0.15, 0.2) is 0 Å². The summed E-state index contributed by atoms with van der Waals surface area (Å²) in [5.41, 5.74) is 0. The van der Waals surface area contributed by atoms with Crippen molar-refractivity contribution in [2.24, 2.45) is 0 Å². The third-order valence-electron chi connectivity index (χ3n) is 2.76. The van der Waals surface area contributed by atoms with E-state index in [4.69, 9.17) is 0 Å². The summed E-state index contributed by atoms with van der Waals surface area (Å²) in [6.07, 6.45) is 8.31. The zero-order valence-corrected chi connectivity index (χ0v) is 9.95. The summed E-state index contributed by atoms with van der Waals surface area (Å²) in [4.78, 5) is 0. The molecule has 0 amide bonds. The SMILES string of the molecule is CCCCC[n+]1ccn(C(C)C)c1C. The van der Waals surface area contributed by atoms with Crippen molar-refractivity contribution < 1.29 is 4.57 Å². The van der Waals surface area contributed by atoms with E-state index in [-0.39, 0.29) is 0 Å². The van der Waals surface area contributed by atoms with Crippen molar-refractivity contribution in [1.82, 2.24) is 4.57 Å². The monoisotopic (exact) mass is 195 g/mol. The molecule has 0 saturated carbocycles. The molecule has 2 nitrogen and oxygen atoms in total. The van der Waals surface area contributed by atoms with Gasteiger partial charge < -0.3 is 0 Å². The van der Waals surface area contributed by atoms with Crippen molar-refractivity contribution in [3.8, 4) is 0 Å². The van der Waals surface area contributed by atoms with Gasteiger partial charge in [-0.3, -0.25) is 0 Å². The smallest absolute Gasteiger partial charge is 0.234 e. The molecule has 0 aliphatic carbocycles. The lowest BCUT2D eigenvalue weighted by atomic mass is 10.2. The molecule has 0 fully saturated rings. The highest BCUT2D eigenvalue weighted by atomic mass is 15.2. The fourth-order valence-electron chi connectivity index (χ4n) is 1.83. The number of nitrogens with zero attached hydrogens (tertiary/aromatic N) is 2. The summed E-state index contributed by atoms with van der Waals surface area (Å²) >= 11 is 0. The molecule has 1 heterocycles. The molecule has 2 heteroatoms. The lowest BCUT2D eigenvalue weighted by Crippen LogP contribution is -2.35. The van der Waals surface area contributed by atoms with Crippen molar-refractivity contribution >= 4 is 0 Å². The Morgan fingerprint density at radius 1 is 1.36 bits per heavy atom. The fraction of sp³-hybridized carbons (Fsp3) is 0.750. The van der Waals surface area contributed by atoms with Gasteiger partial charge in [0.25, 0.3) is 5.82 Å². The highest BCUT2D eigenvalue weighted by Gasteiger charge is 2.13. The van der Waals surface area contributed by atoms with Crippen molar-refractivity contribution in [2.45, 2.75) is 59.5 Å². The summed E-state index contributed by atoms with van der Waals surface area (Å²) in [6, 6.07) is 0.572. The number of unbranched alkanes of at least 4 members (excludes halogenated alkanes) is 2. The van der Waals surface area contributed by atoms with Crippen LogP contribution in [0, 0.1) is 6.92 Å². The average Bonchev–Trinajstić information content (AvgIpc) is 2.48. The Hall–Kier alpha value is -0.790. The summed E-state index contributed by atoms with van der Waals surface area (Å²) in [5.74, 6) is 1.37. The van der Waals surface area contributed by atoms with Gasteiger partial charge in [-0.15, -0.1) is 0 Å². The number of aryl methyl sites for hydroxylation is 1. The van der Waals surface area contributed by atoms with E-state index in [2.05, 4.69) is 49.2 Å². The zero-order valence-electron chi connectivity index (χ0n) is 9.95. The van der Waals surface area contributed by atoms with Crippen molar-refractivity contribution in [3.05, 3.63) is 18.2 Å². The second-order valence-corrected chi connectivity index (χ2v) is 4.25. The molecule has 1 rings (SSSR count). The van der Waals surface area contributed by atoms with Crippen LogP contribution in [-0.4, -0.2) is 4.57 Å². The largest absolute Gasteiger partial charge is 0.253 e. The molecular weight excluding hydrogens is 172 g/mol. The van der Waals surface area contributed by atoms with Crippen molar-refractivity contribution in [3.63, 3.8) is 0 Å². The molecule has 0 aliphatic heterocycles. The lowest BCUT2D eigenvalue weighted by Gasteiger charge is -2.03. The highest BCUT2D eigenvalue weighted by molar-refractivity contribution is 4.82. The highest BCUT2D eigenvalue weighted by Crippen LogP contribution is 2.05. The van der Waals surface area contributed by atoms with E-state index in [1.54, 1.807) is 0 Å². The maximum atomic E-state index is 2.36. The van der Waals surface area contributed by atoms with Gasteiger partial charge in [-0.2, -0.15) is 0 Å². The molecule has 0 radical (unpaired) electrons. The van der Waals surface area contributed by atoms with Gasteiger partial charge in [0, 0.05) is 6.92 Å². The van der Waals surface area contributed by atoms with Crippen LogP contribution >= 0.6 is 0 Å². The zero-order chi connectivity index (χ0) is 10.6. The van der Waals surface area contributed by atoms with Crippen LogP contribution in [0.25, 0.3) is 0 Å². The fourth-order valence-corrected chi connectivity index (χ4v) is 1.83. The number of hydrogen-bond acceptors (Lipinski definition) is 0. The Morgan fingerprint density at radius 3 is 2.57 bits per heavy atom. The Morgan fingerprint density at radius 2 is 2.07 bits per heavy atom. The number of aromatic nitrogens is 2. The summed E-state index contributed by atoms with van der Waals surface area (Å²) in [7, 11) is 0. The molecule has 0 N–H and O–H groups in total. The van der Waals surface area contributed by atoms with Crippen molar-refractivity contribution in [1.29, 1.82) is 0 Å². The second-order valence-electron chi connectivity index (χ2n) is 4.25. The normalized spacial score (nSPS) is 11.2. The molecule has 0 unspecified atom stereocenters. The first-order valence-corrected chi connectivity index (χ1v) is 5.73. The predicted molar refractivity (Wildman–Crippen MR) is 59.3 cm³/mol. The topological polar surface area (TPSA) is 8.81 Å². The van der Waals surface area contributed by atoms with Crippen LogP contribution in [0.4, 0.5) is 0 Å². The molecule has 0 spiro atoms. The maximum absolute atomic E-state index is 2.36. The molecule has 0 atom stereocenters. The van der Waals surface area contributed by atoms with Gasteiger partial charge >= 0.3 is 0 Å². The molecule has 0 aliphatic rings. The van der Waals surface area contributed by atoms with Crippen LogP contribution in [0.3, 0.4) is 0 Å². The summed E-state index contributed by atoms with van der Waals surface area (Å²) < 4.78 is 4.68. The van der Waals surface area contributed by atoms with E-state index in [1.165, 1.54) is 31.6 Å². The Bertz CT molecular complexity index is 274. The molecule has 14 heavy (non-hydrogen) atoms. The van der Waals surface area contributed by atoms with Gasteiger partial charge in [-0.05, 0) is 26.7 Å². The second kappa shape index (κ2) is 5.18.